The third-order valence-electron chi connectivity index (χ3n) is 3.29. The van der Waals surface area contributed by atoms with E-state index >= 15 is 0 Å². The van der Waals surface area contributed by atoms with E-state index in [0.29, 0.717) is 6.54 Å². The van der Waals surface area contributed by atoms with Crippen LogP contribution in [0.25, 0.3) is 0 Å². The Kier molecular flexibility index (Phi) is 5.83. The van der Waals surface area contributed by atoms with Gasteiger partial charge in [-0.1, -0.05) is 6.07 Å². The highest BCUT2D eigenvalue weighted by Crippen LogP contribution is 2.23. The first-order valence-corrected chi connectivity index (χ1v) is 6.37. The molecule has 1 aromatic rings. The molecule has 1 aromatic carbocycles. The van der Waals surface area contributed by atoms with Crippen molar-refractivity contribution in [2.75, 3.05) is 34.4 Å². The second-order valence-corrected chi connectivity index (χ2v) is 4.81. The predicted octanol–water partition coefficient (Wildman–Crippen LogP) is 1.96. The number of benzene rings is 1. The van der Waals surface area contributed by atoms with Gasteiger partial charge in [0.25, 0.3) is 0 Å². The standard InChI is InChI=1S/C15H23NO3/c1-11-8-13(14(18-4)9-12(11)2)6-7-16(3)10-15(17)19-5/h8-9H,6-7,10H2,1-5H3. The van der Waals surface area contributed by atoms with Gasteiger partial charge in [0.15, 0.2) is 0 Å². The van der Waals surface area contributed by atoms with Crippen LogP contribution < -0.4 is 4.74 Å². The molecule has 1 rings (SSSR count). The van der Waals surface area contributed by atoms with Crippen LogP contribution in [0.2, 0.25) is 0 Å². The van der Waals surface area contributed by atoms with Gasteiger partial charge in [0.2, 0.25) is 0 Å². The predicted molar refractivity (Wildman–Crippen MR) is 75.7 cm³/mol. The fourth-order valence-corrected chi connectivity index (χ4v) is 1.91. The molecule has 0 saturated carbocycles. The second kappa shape index (κ2) is 7.14. The highest BCUT2D eigenvalue weighted by molar-refractivity contribution is 5.71. The maximum Gasteiger partial charge on any atom is 0.319 e. The van der Waals surface area contributed by atoms with Crippen molar-refractivity contribution in [1.29, 1.82) is 0 Å². The van der Waals surface area contributed by atoms with E-state index in [9.17, 15) is 4.79 Å². The molecule has 0 spiro atoms. The average Bonchev–Trinajstić information content (AvgIpc) is 2.39. The van der Waals surface area contributed by atoms with E-state index in [4.69, 9.17) is 4.74 Å². The zero-order chi connectivity index (χ0) is 14.4. The lowest BCUT2D eigenvalue weighted by molar-refractivity contribution is -0.141. The Morgan fingerprint density at radius 2 is 1.84 bits per heavy atom. The van der Waals surface area contributed by atoms with Crippen molar-refractivity contribution in [2.45, 2.75) is 20.3 Å². The van der Waals surface area contributed by atoms with E-state index < -0.39 is 0 Å². The fourth-order valence-electron chi connectivity index (χ4n) is 1.91. The van der Waals surface area contributed by atoms with E-state index in [-0.39, 0.29) is 5.97 Å². The molecule has 0 heterocycles. The molecule has 0 bridgehead atoms. The molecule has 0 saturated heterocycles. The molecule has 0 unspecified atom stereocenters. The van der Waals surface area contributed by atoms with Crippen LogP contribution in [0, 0.1) is 13.8 Å². The van der Waals surface area contributed by atoms with Gasteiger partial charge >= 0.3 is 5.97 Å². The summed E-state index contributed by atoms with van der Waals surface area (Å²) in [6.45, 7) is 5.26. The Labute approximate surface area is 115 Å². The number of esters is 1. The van der Waals surface area contributed by atoms with E-state index in [2.05, 4.69) is 30.7 Å². The van der Waals surface area contributed by atoms with Gasteiger partial charge in [0.1, 0.15) is 5.75 Å². The van der Waals surface area contributed by atoms with Gasteiger partial charge < -0.3 is 9.47 Å². The SMILES string of the molecule is COC(=O)CN(C)CCc1cc(C)c(C)cc1OC. The highest BCUT2D eigenvalue weighted by atomic mass is 16.5. The maximum absolute atomic E-state index is 11.2. The highest BCUT2D eigenvalue weighted by Gasteiger charge is 2.09. The molecule has 0 fully saturated rings. The topological polar surface area (TPSA) is 38.8 Å². The van der Waals surface area contributed by atoms with Crippen LogP contribution in [0.3, 0.4) is 0 Å². The van der Waals surface area contributed by atoms with Crippen molar-refractivity contribution in [3.8, 4) is 5.75 Å². The minimum atomic E-state index is -0.213. The Morgan fingerprint density at radius 3 is 2.42 bits per heavy atom. The Bertz CT molecular complexity index is 443. The summed E-state index contributed by atoms with van der Waals surface area (Å²) in [5.41, 5.74) is 3.65. The third-order valence-corrected chi connectivity index (χ3v) is 3.29. The first-order chi connectivity index (χ1) is 8.97. The van der Waals surface area contributed by atoms with Crippen LogP contribution in [0.4, 0.5) is 0 Å². The lowest BCUT2D eigenvalue weighted by Crippen LogP contribution is -2.28. The molecule has 4 heteroatoms. The van der Waals surface area contributed by atoms with Crippen molar-refractivity contribution in [3.05, 3.63) is 28.8 Å². The van der Waals surface area contributed by atoms with Crippen molar-refractivity contribution in [3.63, 3.8) is 0 Å². The summed E-state index contributed by atoms with van der Waals surface area (Å²) < 4.78 is 10.1. The summed E-state index contributed by atoms with van der Waals surface area (Å²) in [7, 11) is 5.00. The number of carbonyl (C=O) groups is 1. The number of hydrogen-bond acceptors (Lipinski definition) is 4. The summed E-state index contributed by atoms with van der Waals surface area (Å²) in [5, 5.41) is 0. The number of methoxy groups -OCH3 is 2. The van der Waals surface area contributed by atoms with Crippen molar-refractivity contribution in [2.24, 2.45) is 0 Å². The summed E-state index contributed by atoms with van der Waals surface area (Å²) in [6.07, 6.45) is 0.845. The van der Waals surface area contributed by atoms with Crippen molar-refractivity contribution < 1.29 is 14.3 Å². The number of nitrogens with zero attached hydrogens (tertiary/aromatic N) is 1. The first kappa shape index (κ1) is 15.5. The number of aryl methyl sites for hydroxylation is 2. The Morgan fingerprint density at radius 1 is 1.21 bits per heavy atom. The second-order valence-electron chi connectivity index (χ2n) is 4.81. The Balaban J connectivity index is 2.66. The van der Waals surface area contributed by atoms with Gasteiger partial charge in [0, 0.05) is 6.54 Å². The van der Waals surface area contributed by atoms with Crippen molar-refractivity contribution in [1.82, 2.24) is 4.90 Å². The molecule has 0 atom stereocenters. The van der Waals surface area contributed by atoms with Gasteiger partial charge in [0.05, 0.1) is 20.8 Å². The van der Waals surface area contributed by atoms with Crippen LogP contribution in [0.15, 0.2) is 12.1 Å². The zero-order valence-corrected chi connectivity index (χ0v) is 12.4. The molecule has 0 amide bonds. The minimum Gasteiger partial charge on any atom is -0.496 e. The monoisotopic (exact) mass is 265 g/mol. The molecule has 0 N–H and O–H groups in total. The van der Waals surface area contributed by atoms with Gasteiger partial charge in [-0.25, -0.2) is 0 Å². The molecule has 0 aliphatic heterocycles. The van der Waals surface area contributed by atoms with E-state index in [1.165, 1.54) is 23.8 Å². The van der Waals surface area contributed by atoms with Gasteiger partial charge in [-0.15, -0.1) is 0 Å². The smallest absolute Gasteiger partial charge is 0.319 e. The molecule has 0 aliphatic rings. The third kappa shape index (κ3) is 4.56. The number of ether oxygens (including phenoxy) is 2. The average molecular weight is 265 g/mol. The summed E-state index contributed by atoms with van der Waals surface area (Å²) in [5.74, 6) is 0.698. The number of carbonyl (C=O) groups excluding carboxylic acids is 1. The molecule has 19 heavy (non-hydrogen) atoms. The normalized spacial score (nSPS) is 10.6. The lowest BCUT2D eigenvalue weighted by Gasteiger charge is -2.17. The van der Waals surface area contributed by atoms with Gasteiger partial charge in [-0.05, 0) is 50.1 Å². The quantitative estimate of drug-likeness (QED) is 0.737. The van der Waals surface area contributed by atoms with Crippen molar-refractivity contribution >= 4 is 5.97 Å². The van der Waals surface area contributed by atoms with E-state index in [1.807, 2.05) is 11.9 Å². The van der Waals surface area contributed by atoms with Crippen LogP contribution in [-0.2, 0) is 16.0 Å². The summed E-state index contributed by atoms with van der Waals surface area (Å²) >= 11 is 0. The van der Waals surface area contributed by atoms with Gasteiger partial charge in [-0.2, -0.15) is 0 Å². The largest absolute Gasteiger partial charge is 0.496 e. The maximum atomic E-state index is 11.2. The summed E-state index contributed by atoms with van der Waals surface area (Å²) in [4.78, 5) is 13.1. The molecule has 106 valence electrons. The molecule has 0 aromatic heterocycles. The van der Waals surface area contributed by atoms with Crippen LogP contribution in [0.1, 0.15) is 16.7 Å². The van der Waals surface area contributed by atoms with E-state index in [0.717, 1.165) is 18.7 Å². The molecule has 0 aliphatic carbocycles. The van der Waals surface area contributed by atoms with Crippen LogP contribution >= 0.6 is 0 Å². The first-order valence-electron chi connectivity index (χ1n) is 6.37. The van der Waals surface area contributed by atoms with Crippen LogP contribution in [0.5, 0.6) is 5.75 Å². The molecule has 4 nitrogen and oxygen atoms in total. The number of rotatable bonds is 6. The fraction of sp³-hybridized carbons (Fsp3) is 0.533. The van der Waals surface area contributed by atoms with Gasteiger partial charge in [-0.3, -0.25) is 9.69 Å². The Hall–Kier alpha value is -1.55. The molecular formula is C15H23NO3. The molecule has 0 radical (unpaired) electrons. The number of likely N-dealkylation sites (N-methyl/N-ethyl adjacent to an activating group) is 1. The van der Waals surface area contributed by atoms with E-state index in [1.54, 1.807) is 7.11 Å². The zero-order valence-electron chi connectivity index (χ0n) is 12.4. The lowest BCUT2D eigenvalue weighted by atomic mass is 10.0. The minimum absolute atomic E-state index is 0.213. The van der Waals surface area contributed by atoms with Crippen LogP contribution in [-0.4, -0.2) is 45.2 Å². The number of hydrogen-bond donors (Lipinski definition) is 0. The molecular weight excluding hydrogens is 242 g/mol. The summed E-state index contributed by atoms with van der Waals surface area (Å²) in [6, 6.07) is 4.21.